The number of likely N-dealkylation sites (tertiary alicyclic amines) is 1. The van der Waals surface area contributed by atoms with Crippen LogP contribution >= 0.6 is 0 Å². The molecule has 22 heteroatoms. The van der Waals surface area contributed by atoms with Gasteiger partial charge in [-0.2, -0.15) is 0 Å². The summed E-state index contributed by atoms with van der Waals surface area (Å²) in [5.41, 5.74) is 0.785. The summed E-state index contributed by atoms with van der Waals surface area (Å²) in [5, 5.41) is 55.3. The van der Waals surface area contributed by atoms with Crippen LogP contribution in [0.3, 0.4) is 0 Å². The molecule has 2 atom stereocenters. The summed E-state index contributed by atoms with van der Waals surface area (Å²) in [6, 6.07) is 5.28. The molecule has 0 aliphatic carbocycles. The van der Waals surface area contributed by atoms with Gasteiger partial charge < -0.3 is 46.2 Å². The van der Waals surface area contributed by atoms with E-state index in [0.717, 1.165) is 0 Å². The van der Waals surface area contributed by atoms with Crippen LogP contribution in [-0.2, 0) is 45.8 Å². The number of rotatable bonds is 17. The minimum Gasteiger partial charge on any atom is -0.480 e. The van der Waals surface area contributed by atoms with Crippen LogP contribution in [0, 0.1) is 0 Å². The Kier molecular flexibility index (Phi) is 20.3. The number of carboxylic acids is 3. The van der Waals surface area contributed by atoms with E-state index in [4.69, 9.17) is 0 Å². The number of aliphatic carboxylic acids is 3. The Labute approximate surface area is 329 Å². The van der Waals surface area contributed by atoms with Crippen LogP contribution in [0.25, 0.3) is 0 Å². The van der Waals surface area contributed by atoms with Crippen molar-refractivity contribution in [2.24, 2.45) is 0 Å². The Morgan fingerprint density at radius 2 is 1.16 bits per heavy atom. The number of hydrogen-bond donors (Lipinski definition) is 8. The first-order chi connectivity index (χ1) is 25.6. The maximum Gasteiger partial charge on any atom is 0.475 e. The molecule has 2 heterocycles. The Bertz CT molecular complexity index is 1440. The maximum absolute atomic E-state index is 12.9. The number of nitrogens with zero attached hydrogens (tertiary/aromatic N) is 5. The van der Waals surface area contributed by atoms with Gasteiger partial charge in [-0.05, 0) is 44.0 Å². The van der Waals surface area contributed by atoms with Gasteiger partial charge in [-0.15, -0.1) is 0 Å². The molecule has 0 saturated carbocycles. The number of ketones is 1. The van der Waals surface area contributed by atoms with Gasteiger partial charge in [0.25, 0.3) is 5.91 Å². The number of carboxylic acid groups (broad SMARTS) is 3. The summed E-state index contributed by atoms with van der Waals surface area (Å²) in [5.74, 6) is -5.63. The number of carbonyl (C=O) groups is 7. The Morgan fingerprint density at radius 1 is 0.709 bits per heavy atom. The number of carbonyl (C=O) groups excluding carboxylic acids is 4. The van der Waals surface area contributed by atoms with Crippen molar-refractivity contribution in [2.45, 2.75) is 31.7 Å². The fraction of sp³-hybridized carbons (Fsp3) is 0.606. The first kappa shape index (κ1) is 47.0. The first-order valence-electron chi connectivity index (χ1n) is 17.8. The average Bonchev–Trinajstić information content (AvgIpc) is 3.61. The van der Waals surface area contributed by atoms with E-state index >= 15 is 0 Å². The fourth-order valence-corrected chi connectivity index (χ4v) is 6.21. The third-order valence-corrected chi connectivity index (χ3v) is 9.14. The van der Waals surface area contributed by atoms with Gasteiger partial charge in [0.05, 0.1) is 45.2 Å². The molecule has 1 radical (unpaired) electrons. The number of Topliss-reactive ketones (excluding diaryl/α,β-unsaturated/α-hetero) is 1. The van der Waals surface area contributed by atoms with E-state index in [9.17, 15) is 58.9 Å². The minimum absolute atomic E-state index is 0. The number of nitrogens with one attached hydrogen (secondary N) is 3. The zero-order chi connectivity index (χ0) is 39.8. The van der Waals surface area contributed by atoms with Gasteiger partial charge in [0.15, 0.2) is 5.78 Å². The fourth-order valence-electron chi connectivity index (χ4n) is 6.21. The minimum atomic E-state index is -1.66. The molecule has 1 aromatic carbocycles. The molecule has 309 valence electrons. The number of hydrogen-bond acceptors (Lipinski definition) is 14. The molecule has 20 nitrogen and oxygen atoms in total. The molecule has 2 aliphatic heterocycles. The topological polar surface area (TPSA) is 273 Å². The van der Waals surface area contributed by atoms with Gasteiger partial charge >= 0.3 is 25.0 Å². The van der Waals surface area contributed by atoms with Crippen LogP contribution < -0.4 is 16.0 Å². The number of amides is 3. The monoisotopic (exact) mass is 825 g/mol. The molecule has 3 rings (SSSR count). The SMILES string of the molecule is C[C@@H](NC(=O)c1ccc(NCC(=O)CNC(=O)CN2CCN(CC(=O)O)CCN(CC(=O)O)CCN(CC(=O)O)CC2)cc1)C(=O)N1CCC[C@H]1B(O)O.[Cu]. The molecule has 0 bridgehead atoms. The van der Waals surface area contributed by atoms with Crippen LogP contribution in [0.1, 0.15) is 30.1 Å². The van der Waals surface area contributed by atoms with E-state index in [-0.39, 0.29) is 120 Å². The van der Waals surface area contributed by atoms with E-state index < -0.39 is 54.7 Å². The zero-order valence-corrected chi connectivity index (χ0v) is 31.6. The predicted molar refractivity (Wildman–Crippen MR) is 193 cm³/mol. The van der Waals surface area contributed by atoms with Gasteiger partial charge in [-0.1, -0.05) is 0 Å². The van der Waals surface area contributed by atoms with Crippen molar-refractivity contribution in [2.75, 3.05) is 103 Å². The van der Waals surface area contributed by atoms with E-state index in [0.29, 0.717) is 25.1 Å². The summed E-state index contributed by atoms with van der Waals surface area (Å²) in [6.45, 7) is 2.45. The standard InChI is InChI=1S/C33H51BN8O12.Cu/c1-23(33(52)42-8-2-3-27(42)34(53)54)37-32(51)24-4-6-25(7-5-24)35-17-26(43)18-36-28(44)19-38-9-11-39(20-29(45)46)13-15-41(22-31(49)50)16-14-40(12-10-38)21-30(47)48;/h4-7,23,27,35,53-54H,2-3,8-22H2,1H3,(H,36,44)(H,37,51)(H,45,46)(H,47,48)(H,49,50);/t23-,27+;/m1./s1. The second-order valence-corrected chi connectivity index (χ2v) is 13.4. The number of anilines is 1. The van der Waals surface area contributed by atoms with Gasteiger partial charge in [0.2, 0.25) is 11.8 Å². The van der Waals surface area contributed by atoms with Crippen LogP contribution in [0.2, 0.25) is 0 Å². The molecule has 3 amide bonds. The van der Waals surface area contributed by atoms with E-state index in [1.54, 1.807) is 31.7 Å². The molecule has 0 aromatic heterocycles. The van der Waals surface area contributed by atoms with Crippen LogP contribution in [0.15, 0.2) is 24.3 Å². The summed E-state index contributed by atoms with van der Waals surface area (Å²) in [4.78, 5) is 93.4. The largest absolute Gasteiger partial charge is 0.480 e. The molecule has 1 aromatic rings. The van der Waals surface area contributed by atoms with Crippen molar-refractivity contribution >= 4 is 54.2 Å². The smallest absolute Gasteiger partial charge is 0.475 e. The molecule has 2 aliphatic rings. The number of benzene rings is 1. The van der Waals surface area contributed by atoms with Crippen LogP contribution in [-0.4, -0.2) is 209 Å². The molecular weight excluding hydrogens is 775 g/mol. The quantitative estimate of drug-likeness (QED) is 0.0705. The van der Waals surface area contributed by atoms with Crippen LogP contribution in [0.4, 0.5) is 5.69 Å². The molecule has 55 heavy (non-hydrogen) atoms. The first-order valence-corrected chi connectivity index (χ1v) is 17.8. The summed E-state index contributed by atoms with van der Waals surface area (Å²) >= 11 is 0. The summed E-state index contributed by atoms with van der Waals surface area (Å²) in [7, 11) is -1.66. The second kappa shape index (κ2) is 23.7. The van der Waals surface area contributed by atoms with E-state index in [1.807, 2.05) is 0 Å². The van der Waals surface area contributed by atoms with Crippen molar-refractivity contribution in [3.05, 3.63) is 29.8 Å². The third kappa shape index (κ3) is 17.0. The van der Waals surface area contributed by atoms with E-state index in [2.05, 4.69) is 16.0 Å². The van der Waals surface area contributed by atoms with Gasteiger partial charge in [0, 0.05) is 87.2 Å². The Balaban J connectivity index is 0.0000105. The van der Waals surface area contributed by atoms with Crippen LogP contribution in [0.5, 0.6) is 0 Å². The predicted octanol–water partition coefficient (Wildman–Crippen LogP) is -3.62. The summed E-state index contributed by atoms with van der Waals surface area (Å²) in [6.07, 6.45) is 1.09. The van der Waals surface area contributed by atoms with Crippen molar-refractivity contribution < 1.29 is 76.0 Å². The van der Waals surface area contributed by atoms with Gasteiger partial charge in [-0.25, -0.2) is 0 Å². The van der Waals surface area contributed by atoms with Crippen molar-refractivity contribution in [3.8, 4) is 0 Å². The molecule has 0 spiro atoms. The molecule has 2 fully saturated rings. The van der Waals surface area contributed by atoms with Crippen molar-refractivity contribution in [1.29, 1.82) is 0 Å². The van der Waals surface area contributed by atoms with Crippen molar-refractivity contribution in [1.82, 2.24) is 35.1 Å². The molecular formula is C33H51BCuN8O12. The summed E-state index contributed by atoms with van der Waals surface area (Å²) < 4.78 is 0. The Morgan fingerprint density at radius 3 is 1.60 bits per heavy atom. The third-order valence-electron chi connectivity index (χ3n) is 9.14. The zero-order valence-electron chi connectivity index (χ0n) is 30.7. The maximum atomic E-state index is 12.9. The second-order valence-electron chi connectivity index (χ2n) is 13.4. The normalized spacial score (nSPS) is 18.5. The molecule has 0 unspecified atom stereocenters. The molecule has 8 N–H and O–H groups in total. The molecule has 2 saturated heterocycles. The Hall–Kier alpha value is -4.15. The van der Waals surface area contributed by atoms with Crippen molar-refractivity contribution in [3.63, 3.8) is 0 Å². The average molecular weight is 826 g/mol. The van der Waals surface area contributed by atoms with E-state index in [1.165, 1.54) is 24.0 Å². The van der Waals surface area contributed by atoms with Gasteiger partial charge in [-0.3, -0.25) is 53.2 Å². The van der Waals surface area contributed by atoms with Gasteiger partial charge in [0.1, 0.15) is 6.04 Å².